The van der Waals surface area contributed by atoms with E-state index in [2.05, 4.69) is 27.9 Å². The number of halogens is 1. The normalized spacial score (nSPS) is 9.93. The first-order valence-electron chi connectivity index (χ1n) is 4.31. The fraction of sp³-hybridized carbons (Fsp3) is 0.300. The van der Waals surface area contributed by atoms with Crippen LogP contribution in [-0.2, 0) is 0 Å². The molecule has 14 heavy (non-hydrogen) atoms. The summed E-state index contributed by atoms with van der Waals surface area (Å²) < 4.78 is 0.929. The number of benzene rings is 1. The molecular weight excluding hydrogens is 293 g/mol. The molecule has 76 valence electrons. The molecule has 0 radical (unpaired) electrons. The Balaban J connectivity index is 2.89. The quantitative estimate of drug-likeness (QED) is 0.828. The maximum absolute atomic E-state index is 11.6. The van der Waals surface area contributed by atoms with Crippen LogP contribution in [0.15, 0.2) is 18.2 Å². The number of amides is 1. The third kappa shape index (κ3) is 2.68. The molecule has 1 aromatic rings. The van der Waals surface area contributed by atoms with E-state index >= 15 is 0 Å². The standard InChI is InChI=1S/C10H12INO2/c1-7-3-2-4-8(11)9(7)10(14)12-5-6-13/h2-4,13H,5-6H2,1H3,(H,12,14). The number of rotatable bonds is 3. The molecule has 1 rings (SSSR count). The Kier molecular flexibility index (Phi) is 4.34. The zero-order valence-electron chi connectivity index (χ0n) is 7.88. The van der Waals surface area contributed by atoms with Gasteiger partial charge in [-0.3, -0.25) is 4.79 Å². The summed E-state index contributed by atoms with van der Waals surface area (Å²) in [6, 6.07) is 5.71. The van der Waals surface area contributed by atoms with E-state index in [4.69, 9.17) is 5.11 Å². The van der Waals surface area contributed by atoms with Gasteiger partial charge in [-0.15, -0.1) is 0 Å². The lowest BCUT2D eigenvalue weighted by molar-refractivity contribution is 0.0943. The van der Waals surface area contributed by atoms with Crippen LogP contribution in [0.25, 0.3) is 0 Å². The van der Waals surface area contributed by atoms with Crippen molar-refractivity contribution in [2.24, 2.45) is 0 Å². The van der Waals surface area contributed by atoms with Gasteiger partial charge in [-0.1, -0.05) is 12.1 Å². The Labute approximate surface area is 96.7 Å². The Morgan fingerprint density at radius 3 is 2.86 bits per heavy atom. The number of aliphatic hydroxyl groups is 1. The molecule has 0 saturated heterocycles. The van der Waals surface area contributed by atoms with Crippen molar-refractivity contribution < 1.29 is 9.90 Å². The fourth-order valence-corrected chi connectivity index (χ4v) is 2.06. The summed E-state index contributed by atoms with van der Waals surface area (Å²) >= 11 is 2.13. The molecule has 1 aromatic carbocycles. The molecule has 0 aliphatic rings. The molecule has 0 aliphatic heterocycles. The Bertz CT molecular complexity index is 319. The van der Waals surface area contributed by atoms with Crippen LogP contribution in [0.4, 0.5) is 0 Å². The maximum atomic E-state index is 11.6. The molecule has 0 aromatic heterocycles. The zero-order valence-corrected chi connectivity index (χ0v) is 10.0. The first-order valence-corrected chi connectivity index (χ1v) is 5.39. The average Bonchev–Trinajstić information content (AvgIpc) is 2.14. The smallest absolute Gasteiger partial charge is 0.252 e. The van der Waals surface area contributed by atoms with Crippen LogP contribution >= 0.6 is 22.6 Å². The van der Waals surface area contributed by atoms with E-state index in [1.807, 2.05) is 25.1 Å². The van der Waals surface area contributed by atoms with E-state index in [1.54, 1.807) is 0 Å². The third-order valence-corrected chi connectivity index (χ3v) is 2.75. The molecule has 0 atom stereocenters. The maximum Gasteiger partial charge on any atom is 0.252 e. The average molecular weight is 305 g/mol. The number of carbonyl (C=O) groups is 1. The van der Waals surface area contributed by atoms with Gasteiger partial charge in [0.05, 0.1) is 12.2 Å². The molecule has 0 saturated carbocycles. The topological polar surface area (TPSA) is 49.3 Å². The first kappa shape index (κ1) is 11.5. The van der Waals surface area contributed by atoms with Gasteiger partial charge in [0, 0.05) is 10.1 Å². The lowest BCUT2D eigenvalue weighted by Gasteiger charge is -2.08. The van der Waals surface area contributed by atoms with Crippen molar-refractivity contribution in [2.75, 3.05) is 13.2 Å². The number of hydrogen-bond acceptors (Lipinski definition) is 2. The van der Waals surface area contributed by atoms with Crippen LogP contribution in [0.2, 0.25) is 0 Å². The van der Waals surface area contributed by atoms with Gasteiger partial charge in [-0.25, -0.2) is 0 Å². The summed E-state index contributed by atoms with van der Waals surface area (Å²) in [5.74, 6) is -0.124. The number of aryl methyl sites for hydroxylation is 1. The number of hydrogen-bond donors (Lipinski definition) is 2. The molecule has 0 heterocycles. The van der Waals surface area contributed by atoms with Crippen molar-refractivity contribution >= 4 is 28.5 Å². The van der Waals surface area contributed by atoms with Gasteiger partial charge in [-0.2, -0.15) is 0 Å². The Morgan fingerprint density at radius 1 is 1.57 bits per heavy atom. The van der Waals surface area contributed by atoms with E-state index in [1.165, 1.54) is 0 Å². The van der Waals surface area contributed by atoms with Crippen LogP contribution in [-0.4, -0.2) is 24.2 Å². The SMILES string of the molecule is Cc1cccc(I)c1C(=O)NCCO. The summed E-state index contributed by atoms with van der Waals surface area (Å²) in [7, 11) is 0. The van der Waals surface area contributed by atoms with Crippen LogP contribution in [0.5, 0.6) is 0 Å². The Hall–Kier alpha value is -0.620. The second-order valence-electron chi connectivity index (χ2n) is 2.91. The molecule has 3 nitrogen and oxygen atoms in total. The van der Waals surface area contributed by atoms with E-state index in [0.29, 0.717) is 12.1 Å². The first-order chi connectivity index (χ1) is 6.66. The highest BCUT2D eigenvalue weighted by molar-refractivity contribution is 14.1. The summed E-state index contributed by atoms with van der Waals surface area (Å²) in [5, 5.41) is 11.2. The third-order valence-electron chi connectivity index (χ3n) is 1.85. The van der Waals surface area contributed by atoms with E-state index < -0.39 is 0 Å². The summed E-state index contributed by atoms with van der Waals surface area (Å²) in [4.78, 5) is 11.6. The van der Waals surface area contributed by atoms with Crippen molar-refractivity contribution in [3.05, 3.63) is 32.9 Å². The Morgan fingerprint density at radius 2 is 2.29 bits per heavy atom. The highest BCUT2D eigenvalue weighted by atomic mass is 127. The summed E-state index contributed by atoms with van der Waals surface area (Å²) in [5.41, 5.74) is 1.65. The van der Waals surface area contributed by atoms with Crippen molar-refractivity contribution in [3.8, 4) is 0 Å². The van der Waals surface area contributed by atoms with E-state index in [0.717, 1.165) is 9.13 Å². The van der Waals surface area contributed by atoms with Gasteiger partial charge in [0.2, 0.25) is 0 Å². The minimum Gasteiger partial charge on any atom is -0.395 e. The van der Waals surface area contributed by atoms with E-state index in [-0.39, 0.29) is 12.5 Å². The second kappa shape index (κ2) is 5.31. The number of carbonyl (C=O) groups excluding carboxylic acids is 1. The van der Waals surface area contributed by atoms with Gasteiger partial charge >= 0.3 is 0 Å². The highest BCUT2D eigenvalue weighted by Gasteiger charge is 2.11. The summed E-state index contributed by atoms with van der Waals surface area (Å²) in [6.45, 7) is 2.16. The minimum atomic E-state index is -0.124. The predicted octanol–water partition coefficient (Wildman–Crippen LogP) is 1.32. The zero-order chi connectivity index (χ0) is 10.6. The van der Waals surface area contributed by atoms with E-state index in [9.17, 15) is 4.79 Å². The molecule has 0 bridgehead atoms. The molecule has 0 unspecified atom stereocenters. The van der Waals surface area contributed by atoms with Gasteiger partial charge < -0.3 is 10.4 Å². The highest BCUT2D eigenvalue weighted by Crippen LogP contribution is 2.15. The molecule has 4 heteroatoms. The number of aliphatic hydroxyl groups excluding tert-OH is 1. The van der Waals surface area contributed by atoms with Crippen molar-refractivity contribution in [1.29, 1.82) is 0 Å². The lowest BCUT2D eigenvalue weighted by Crippen LogP contribution is -2.27. The van der Waals surface area contributed by atoms with Gasteiger partial charge in [0.15, 0.2) is 0 Å². The van der Waals surface area contributed by atoms with Gasteiger partial charge in [-0.05, 0) is 41.1 Å². The van der Waals surface area contributed by atoms with Crippen LogP contribution in [0, 0.1) is 10.5 Å². The number of nitrogens with one attached hydrogen (secondary N) is 1. The molecule has 1 amide bonds. The molecule has 0 fully saturated rings. The fourth-order valence-electron chi connectivity index (χ4n) is 1.18. The van der Waals surface area contributed by atoms with Gasteiger partial charge in [0.25, 0.3) is 5.91 Å². The van der Waals surface area contributed by atoms with Crippen molar-refractivity contribution in [3.63, 3.8) is 0 Å². The largest absolute Gasteiger partial charge is 0.395 e. The monoisotopic (exact) mass is 305 g/mol. The molecule has 0 spiro atoms. The van der Waals surface area contributed by atoms with Crippen LogP contribution in [0.1, 0.15) is 15.9 Å². The van der Waals surface area contributed by atoms with Crippen LogP contribution in [0.3, 0.4) is 0 Å². The van der Waals surface area contributed by atoms with Crippen molar-refractivity contribution in [2.45, 2.75) is 6.92 Å². The van der Waals surface area contributed by atoms with Crippen molar-refractivity contribution in [1.82, 2.24) is 5.32 Å². The minimum absolute atomic E-state index is 0.0335. The molecular formula is C10H12INO2. The molecule has 2 N–H and O–H groups in total. The molecule has 0 aliphatic carbocycles. The van der Waals surface area contributed by atoms with Crippen LogP contribution < -0.4 is 5.32 Å². The summed E-state index contributed by atoms with van der Waals surface area (Å²) in [6.07, 6.45) is 0. The predicted molar refractivity (Wildman–Crippen MR) is 63.3 cm³/mol. The van der Waals surface area contributed by atoms with Gasteiger partial charge in [0.1, 0.15) is 0 Å². The lowest BCUT2D eigenvalue weighted by atomic mass is 10.1. The second-order valence-corrected chi connectivity index (χ2v) is 4.07.